The molecule has 2 aromatic rings. The van der Waals surface area contributed by atoms with Gasteiger partial charge in [-0.2, -0.15) is 0 Å². The fourth-order valence-electron chi connectivity index (χ4n) is 2.86. The van der Waals surface area contributed by atoms with Gasteiger partial charge in [0.15, 0.2) is 9.81 Å². The van der Waals surface area contributed by atoms with E-state index in [0.29, 0.717) is 0 Å². The van der Waals surface area contributed by atoms with Gasteiger partial charge in [0.25, 0.3) is 11.8 Å². The summed E-state index contributed by atoms with van der Waals surface area (Å²) < 4.78 is 27.0. The van der Waals surface area contributed by atoms with Gasteiger partial charge in [0.05, 0.1) is 0 Å². The van der Waals surface area contributed by atoms with E-state index in [4.69, 9.17) is 23.2 Å². The Morgan fingerprint density at radius 1 is 0.686 bits per heavy atom. The molecule has 11 heteroatoms. The van der Waals surface area contributed by atoms with Gasteiger partial charge in [-0.05, 0) is 11.1 Å². The molecule has 0 aliphatic carbocycles. The van der Waals surface area contributed by atoms with E-state index in [-0.39, 0.29) is 37.9 Å². The summed E-state index contributed by atoms with van der Waals surface area (Å²) in [6.07, 6.45) is 2.18. The molecule has 4 N–H and O–H groups in total. The summed E-state index contributed by atoms with van der Waals surface area (Å²) in [5.41, 5.74) is 1.75. The fourth-order valence-corrected chi connectivity index (χ4v) is 4.39. The summed E-state index contributed by atoms with van der Waals surface area (Å²) in [4.78, 5) is 24.3. The lowest BCUT2D eigenvalue weighted by atomic mass is 10.2. The third kappa shape index (κ3) is 9.28. The highest BCUT2D eigenvalue weighted by atomic mass is 35.5. The molecule has 2 rings (SSSR count). The average molecular weight is 539 g/mol. The van der Waals surface area contributed by atoms with Crippen LogP contribution in [0.25, 0.3) is 0 Å². The summed E-state index contributed by atoms with van der Waals surface area (Å²) in [5.74, 6) is -1.59. The number of sulfone groups is 1. The molecular weight excluding hydrogens is 511 g/mol. The smallest absolute Gasteiger partial charge is 0.264 e. The van der Waals surface area contributed by atoms with Crippen LogP contribution in [-0.2, 0) is 32.5 Å². The topological polar surface area (TPSA) is 116 Å². The second kappa shape index (κ2) is 15.1. The first-order chi connectivity index (χ1) is 16.9. The Labute approximate surface area is 215 Å². The van der Waals surface area contributed by atoms with Gasteiger partial charge in [0.1, 0.15) is 0 Å². The van der Waals surface area contributed by atoms with Crippen molar-refractivity contribution in [1.82, 2.24) is 21.3 Å². The minimum absolute atomic E-state index is 0.0513. The van der Waals surface area contributed by atoms with Crippen molar-refractivity contribution in [3.05, 3.63) is 94.0 Å². The molecule has 0 aliphatic heterocycles. The van der Waals surface area contributed by atoms with Gasteiger partial charge in [-0.15, -0.1) is 23.2 Å². The first-order valence-electron chi connectivity index (χ1n) is 10.8. The normalized spacial score (nSPS) is 12.1. The van der Waals surface area contributed by atoms with Gasteiger partial charge in [0.2, 0.25) is 9.84 Å². The zero-order valence-corrected chi connectivity index (χ0v) is 21.3. The Morgan fingerprint density at radius 3 is 1.40 bits per heavy atom. The number of halogens is 2. The van der Waals surface area contributed by atoms with Crippen molar-refractivity contribution in [2.24, 2.45) is 0 Å². The number of carbonyl (C=O) groups excluding carboxylic acids is 2. The number of alkyl halides is 2. The lowest BCUT2D eigenvalue weighted by Crippen LogP contribution is -2.36. The van der Waals surface area contributed by atoms with Crippen LogP contribution in [0, 0.1) is 0 Å². The number of hydrogen-bond acceptors (Lipinski definition) is 6. The predicted molar refractivity (Wildman–Crippen MR) is 139 cm³/mol. The van der Waals surface area contributed by atoms with Gasteiger partial charge in [-0.1, -0.05) is 60.7 Å². The highest BCUT2D eigenvalue weighted by Crippen LogP contribution is 2.18. The zero-order valence-electron chi connectivity index (χ0n) is 19.0. The highest BCUT2D eigenvalue weighted by Gasteiger charge is 2.33. The highest BCUT2D eigenvalue weighted by molar-refractivity contribution is 8.00. The standard InChI is InChI=1S/C24H28Cl2N4O4S/c25-11-13-29-23(31)21(17-27-15-19-7-3-1-4-8-19)35(33,34)22(24(32)30-14-12-26)18-28-16-20-9-5-2-6-10-20/h1-10,17-18,27-28H,11-16H2,(H,29,31)(H,30,32)/b21-17+,22-18+. The molecule has 0 aromatic heterocycles. The van der Waals surface area contributed by atoms with E-state index in [2.05, 4.69) is 21.3 Å². The number of nitrogens with one attached hydrogen (secondary N) is 4. The molecule has 0 saturated carbocycles. The predicted octanol–water partition coefficient (Wildman–Crippen LogP) is 2.37. The Bertz CT molecular complexity index is 1040. The van der Waals surface area contributed by atoms with Crippen LogP contribution in [0.15, 0.2) is 82.9 Å². The van der Waals surface area contributed by atoms with Gasteiger partial charge < -0.3 is 21.3 Å². The molecule has 0 bridgehead atoms. The largest absolute Gasteiger partial charge is 0.386 e. The average Bonchev–Trinajstić information content (AvgIpc) is 2.87. The van der Waals surface area contributed by atoms with E-state index in [1.54, 1.807) is 0 Å². The number of rotatable bonds is 14. The molecule has 2 aromatic carbocycles. The minimum Gasteiger partial charge on any atom is -0.386 e. The molecule has 188 valence electrons. The number of benzene rings is 2. The van der Waals surface area contributed by atoms with Crippen molar-refractivity contribution in [3.63, 3.8) is 0 Å². The van der Waals surface area contributed by atoms with E-state index < -0.39 is 31.5 Å². The first kappa shape index (κ1) is 28.2. The number of hydrogen-bond donors (Lipinski definition) is 4. The molecule has 8 nitrogen and oxygen atoms in total. The van der Waals surface area contributed by atoms with Crippen LogP contribution in [0.2, 0.25) is 0 Å². The zero-order chi connectivity index (χ0) is 25.5. The van der Waals surface area contributed by atoms with Gasteiger partial charge in [0, 0.05) is 50.3 Å². The quantitative estimate of drug-likeness (QED) is 0.217. The number of carbonyl (C=O) groups is 2. The Balaban J connectivity index is 2.36. The van der Waals surface area contributed by atoms with Crippen LogP contribution in [0.3, 0.4) is 0 Å². The molecule has 0 atom stereocenters. The van der Waals surface area contributed by atoms with E-state index in [1.165, 1.54) is 0 Å². The molecule has 0 spiro atoms. The Morgan fingerprint density at radius 2 is 1.06 bits per heavy atom. The summed E-state index contributed by atoms with van der Waals surface area (Å²) in [7, 11) is -4.54. The maximum absolute atomic E-state index is 13.5. The minimum atomic E-state index is -4.54. The Kier molecular flexibility index (Phi) is 12.2. The van der Waals surface area contributed by atoms with Crippen molar-refractivity contribution in [3.8, 4) is 0 Å². The monoisotopic (exact) mass is 538 g/mol. The van der Waals surface area contributed by atoms with Crippen LogP contribution in [-0.4, -0.2) is 45.1 Å². The van der Waals surface area contributed by atoms with Crippen LogP contribution in [0.1, 0.15) is 11.1 Å². The van der Waals surface area contributed by atoms with Crippen molar-refractivity contribution in [2.45, 2.75) is 13.1 Å². The fraction of sp³-hybridized carbons (Fsp3) is 0.250. The van der Waals surface area contributed by atoms with Crippen molar-refractivity contribution in [1.29, 1.82) is 0 Å². The maximum atomic E-state index is 13.5. The van der Waals surface area contributed by atoms with E-state index >= 15 is 0 Å². The SMILES string of the molecule is O=C(NCCCl)/C(=C\NCc1ccccc1)S(=O)(=O)/C(=C/NCc1ccccc1)C(=O)NCCCl. The van der Waals surface area contributed by atoms with Crippen LogP contribution in [0.4, 0.5) is 0 Å². The molecule has 0 radical (unpaired) electrons. The lowest BCUT2D eigenvalue weighted by molar-refractivity contribution is -0.117. The van der Waals surface area contributed by atoms with E-state index in [1.807, 2.05) is 60.7 Å². The molecular formula is C24H28Cl2N4O4S. The van der Waals surface area contributed by atoms with Crippen molar-refractivity contribution >= 4 is 44.9 Å². The molecule has 0 heterocycles. The van der Waals surface area contributed by atoms with Gasteiger partial charge in [-0.3, -0.25) is 9.59 Å². The number of amides is 2. The van der Waals surface area contributed by atoms with Crippen LogP contribution in [0.5, 0.6) is 0 Å². The van der Waals surface area contributed by atoms with Crippen molar-refractivity contribution < 1.29 is 18.0 Å². The summed E-state index contributed by atoms with van der Waals surface area (Å²) >= 11 is 11.3. The van der Waals surface area contributed by atoms with Gasteiger partial charge >= 0.3 is 0 Å². The third-order valence-corrected chi connectivity index (χ3v) is 6.69. The first-order valence-corrected chi connectivity index (χ1v) is 13.3. The van der Waals surface area contributed by atoms with E-state index in [0.717, 1.165) is 23.5 Å². The second-order valence-corrected chi connectivity index (χ2v) is 9.79. The summed E-state index contributed by atoms with van der Waals surface area (Å²) in [6, 6.07) is 18.5. The van der Waals surface area contributed by atoms with Gasteiger partial charge in [-0.25, -0.2) is 8.42 Å². The van der Waals surface area contributed by atoms with Crippen molar-refractivity contribution in [2.75, 3.05) is 24.8 Å². The molecule has 35 heavy (non-hydrogen) atoms. The lowest BCUT2D eigenvalue weighted by Gasteiger charge is -2.14. The van der Waals surface area contributed by atoms with Crippen LogP contribution < -0.4 is 21.3 Å². The van der Waals surface area contributed by atoms with E-state index in [9.17, 15) is 18.0 Å². The molecule has 2 amide bonds. The molecule has 0 unspecified atom stereocenters. The Hall–Kier alpha value is -3.01. The molecule has 0 aliphatic rings. The van der Waals surface area contributed by atoms with Crippen LogP contribution >= 0.6 is 23.2 Å². The maximum Gasteiger partial charge on any atom is 0.264 e. The molecule has 0 saturated heterocycles. The summed E-state index contributed by atoms with van der Waals surface area (Å²) in [5, 5.41) is 10.6. The molecule has 0 fully saturated rings. The second-order valence-electron chi connectivity index (χ2n) is 7.14. The summed E-state index contributed by atoms with van der Waals surface area (Å²) in [6.45, 7) is 0.643. The third-order valence-electron chi connectivity index (χ3n) is 4.55.